The highest BCUT2D eigenvalue weighted by atomic mass is 19.4. The number of aromatic nitrogens is 1. The number of nitrogens with one attached hydrogen (secondary N) is 2. The average Bonchev–Trinajstić information content (AvgIpc) is 3.24. The van der Waals surface area contributed by atoms with Crippen molar-refractivity contribution in [1.29, 1.82) is 0 Å². The zero-order valence-corrected chi connectivity index (χ0v) is 18.3. The fourth-order valence-electron chi connectivity index (χ4n) is 4.05. The van der Waals surface area contributed by atoms with Gasteiger partial charge in [-0.05, 0) is 53.4 Å². The quantitative estimate of drug-likeness (QED) is 0.301. The minimum atomic E-state index is -4.57. The molecule has 0 fully saturated rings. The number of alkyl halides is 3. The van der Waals surface area contributed by atoms with Gasteiger partial charge >= 0.3 is 12.1 Å². The summed E-state index contributed by atoms with van der Waals surface area (Å²) in [4.78, 5) is 15.4. The standard InChI is InChI=1S/C26H23F3N2O3/c1-34-19-10-11-22-20(14-19)21(15-30-22)23(12-16-6-3-2-4-7-16)31-24(25(32)33)17-8-5-9-18(13-17)26(27,28)29/h2-11,13-15,23-24,30-31H,12H2,1H3,(H,32,33). The lowest BCUT2D eigenvalue weighted by molar-refractivity contribution is -0.141. The van der Waals surface area contributed by atoms with Gasteiger partial charge in [0.05, 0.1) is 12.7 Å². The summed E-state index contributed by atoms with van der Waals surface area (Å²) in [5.41, 5.74) is 1.70. The van der Waals surface area contributed by atoms with Gasteiger partial charge in [0, 0.05) is 23.1 Å². The normalized spacial score (nSPS) is 13.5. The number of aromatic amines is 1. The number of methoxy groups -OCH3 is 1. The summed E-state index contributed by atoms with van der Waals surface area (Å²) in [5.74, 6) is -0.630. The van der Waals surface area contributed by atoms with Crippen molar-refractivity contribution in [1.82, 2.24) is 10.3 Å². The van der Waals surface area contributed by atoms with Crippen molar-refractivity contribution < 1.29 is 27.8 Å². The van der Waals surface area contributed by atoms with Crippen molar-refractivity contribution in [3.8, 4) is 5.75 Å². The maximum absolute atomic E-state index is 13.3. The van der Waals surface area contributed by atoms with Crippen LogP contribution in [0, 0.1) is 0 Å². The fourth-order valence-corrected chi connectivity index (χ4v) is 4.05. The number of carbonyl (C=O) groups is 1. The van der Waals surface area contributed by atoms with Crippen LogP contribution in [0.1, 0.15) is 34.3 Å². The summed E-state index contributed by atoms with van der Waals surface area (Å²) < 4.78 is 45.1. The van der Waals surface area contributed by atoms with Crippen LogP contribution in [0.15, 0.2) is 79.0 Å². The predicted octanol–water partition coefficient (Wildman–Crippen LogP) is 5.89. The van der Waals surface area contributed by atoms with Gasteiger partial charge in [-0.15, -0.1) is 0 Å². The SMILES string of the molecule is COc1ccc2[nH]cc(C(Cc3ccccc3)NC(C(=O)O)c3cccc(C(F)(F)F)c3)c2c1. The van der Waals surface area contributed by atoms with E-state index in [1.165, 1.54) is 12.1 Å². The second-order valence-electron chi connectivity index (χ2n) is 7.96. The average molecular weight is 468 g/mol. The number of hydrogen-bond acceptors (Lipinski definition) is 3. The molecule has 3 N–H and O–H groups in total. The maximum atomic E-state index is 13.3. The van der Waals surface area contributed by atoms with Crippen molar-refractivity contribution in [3.63, 3.8) is 0 Å². The number of H-pyrrole nitrogens is 1. The van der Waals surface area contributed by atoms with Gasteiger partial charge in [0.15, 0.2) is 0 Å². The molecule has 0 aliphatic rings. The third kappa shape index (κ3) is 5.07. The van der Waals surface area contributed by atoms with Gasteiger partial charge in [0.1, 0.15) is 11.8 Å². The van der Waals surface area contributed by atoms with Gasteiger partial charge in [-0.25, -0.2) is 0 Å². The van der Waals surface area contributed by atoms with Gasteiger partial charge < -0.3 is 14.8 Å². The number of halogens is 3. The van der Waals surface area contributed by atoms with Crippen molar-refractivity contribution in [2.24, 2.45) is 0 Å². The molecule has 2 atom stereocenters. The van der Waals surface area contributed by atoms with Crippen LogP contribution in [0.5, 0.6) is 5.75 Å². The summed E-state index contributed by atoms with van der Waals surface area (Å²) >= 11 is 0. The lowest BCUT2D eigenvalue weighted by atomic mass is 9.95. The Morgan fingerprint density at radius 2 is 1.82 bits per heavy atom. The van der Waals surface area contributed by atoms with Crippen LogP contribution in [-0.2, 0) is 17.4 Å². The Kier molecular flexibility index (Phi) is 6.61. The molecule has 0 radical (unpaired) electrons. The van der Waals surface area contributed by atoms with E-state index in [4.69, 9.17) is 4.74 Å². The van der Waals surface area contributed by atoms with Crippen LogP contribution in [-0.4, -0.2) is 23.2 Å². The first-order valence-electron chi connectivity index (χ1n) is 10.6. The van der Waals surface area contributed by atoms with Gasteiger partial charge in [-0.1, -0.05) is 42.5 Å². The van der Waals surface area contributed by atoms with E-state index in [9.17, 15) is 23.1 Å². The van der Waals surface area contributed by atoms with Crippen LogP contribution in [0.3, 0.4) is 0 Å². The molecule has 0 bridgehead atoms. The van der Waals surface area contributed by atoms with Crippen LogP contribution in [0.2, 0.25) is 0 Å². The number of ether oxygens (including phenoxy) is 1. The molecular weight excluding hydrogens is 445 g/mol. The molecule has 0 saturated carbocycles. The first-order valence-corrected chi connectivity index (χ1v) is 10.6. The number of aliphatic carboxylic acids is 1. The molecule has 0 spiro atoms. The van der Waals surface area contributed by atoms with Gasteiger partial charge in [0.2, 0.25) is 0 Å². The molecule has 0 aliphatic carbocycles. The molecule has 3 aromatic carbocycles. The zero-order chi connectivity index (χ0) is 24.3. The third-order valence-corrected chi connectivity index (χ3v) is 5.74. The van der Waals surface area contributed by atoms with Crippen molar-refractivity contribution in [3.05, 3.63) is 101 Å². The van der Waals surface area contributed by atoms with Gasteiger partial charge in [-0.2, -0.15) is 13.2 Å². The fraction of sp³-hybridized carbons (Fsp3) is 0.192. The monoisotopic (exact) mass is 468 g/mol. The first kappa shape index (κ1) is 23.4. The van der Waals surface area contributed by atoms with E-state index in [2.05, 4.69) is 10.3 Å². The minimum absolute atomic E-state index is 0.0257. The highest BCUT2D eigenvalue weighted by molar-refractivity contribution is 5.85. The largest absolute Gasteiger partial charge is 0.497 e. The van der Waals surface area contributed by atoms with E-state index in [0.29, 0.717) is 12.2 Å². The van der Waals surface area contributed by atoms with Crippen LogP contribution < -0.4 is 10.1 Å². The summed E-state index contributed by atoms with van der Waals surface area (Å²) in [6.07, 6.45) is -2.36. The van der Waals surface area contributed by atoms with E-state index in [0.717, 1.165) is 34.2 Å². The van der Waals surface area contributed by atoms with Crippen LogP contribution >= 0.6 is 0 Å². The second kappa shape index (κ2) is 9.61. The molecule has 0 aliphatic heterocycles. The number of fused-ring (bicyclic) bond motifs is 1. The minimum Gasteiger partial charge on any atom is -0.497 e. The van der Waals surface area contributed by atoms with Crippen LogP contribution in [0.4, 0.5) is 13.2 Å². The molecule has 4 rings (SSSR count). The smallest absolute Gasteiger partial charge is 0.416 e. The van der Waals surface area contributed by atoms with Gasteiger partial charge in [-0.3, -0.25) is 10.1 Å². The predicted molar refractivity (Wildman–Crippen MR) is 123 cm³/mol. The molecule has 1 heterocycles. The van der Waals surface area contributed by atoms with E-state index in [-0.39, 0.29) is 5.56 Å². The topological polar surface area (TPSA) is 74.3 Å². The van der Waals surface area contributed by atoms with E-state index in [1.54, 1.807) is 13.3 Å². The highest BCUT2D eigenvalue weighted by Gasteiger charge is 2.33. The number of carboxylic acid groups (broad SMARTS) is 1. The second-order valence-corrected chi connectivity index (χ2v) is 7.96. The number of rotatable bonds is 8. The lowest BCUT2D eigenvalue weighted by Crippen LogP contribution is -2.33. The Hall–Kier alpha value is -3.78. The number of carboxylic acids is 1. The Morgan fingerprint density at radius 1 is 1.06 bits per heavy atom. The molecule has 0 saturated heterocycles. The first-order chi connectivity index (χ1) is 16.3. The summed E-state index contributed by atoms with van der Waals surface area (Å²) in [7, 11) is 1.56. The van der Waals surface area contributed by atoms with Crippen molar-refractivity contribution in [2.45, 2.75) is 24.7 Å². The van der Waals surface area contributed by atoms with Crippen LogP contribution in [0.25, 0.3) is 10.9 Å². The molecular formula is C26H23F3N2O3. The van der Waals surface area contributed by atoms with Crippen molar-refractivity contribution in [2.75, 3.05) is 7.11 Å². The molecule has 5 nitrogen and oxygen atoms in total. The molecule has 4 aromatic rings. The van der Waals surface area contributed by atoms with E-state index in [1.807, 2.05) is 48.5 Å². The number of benzene rings is 3. The van der Waals surface area contributed by atoms with E-state index >= 15 is 0 Å². The molecule has 176 valence electrons. The molecule has 1 aromatic heterocycles. The molecule has 2 unspecified atom stereocenters. The Labute approximate surface area is 194 Å². The maximum Gasteiger partial charge on any atom is 0.416 e. The Balaban J connectivity index is 1.77. The molecule has 0 amide bonds. The zero-order valence-electron chi connectivity index (χ0n) is 18.3. The molecule has 34 heavy (non-hydrogen) atoms. The summed E-state index contributed by atoms with van der Waals surface area (Å²) in [6.45, 7) is 0. The third-order valence-electron chi connectivity index (χ3n) is 5.74. The van der Waals surface area contributed by atoms with Gasteiger partial charge in [0.25, 0.3) is 0 Å². The summed E-state index contributed by atoms with van der Waals surface area (Å²) in [5, 5.41) is 13.9. The lowest BCUT2D eigenvalue weighted by Gasteiger charge is -2.24. The Morgan fingerprint density at radius 3 is 2.50 bits per heavy atom. The van der Waals surface area contributed by atoms with Crippen molar-refractivity contribution >= 4 is 16.9 Å². The number of hydrogen-bond donors (Lipinski definition) is 3. The van der Waals surface area contributed by atoms with E-state index < -0.39 is 29.8 Å². The summed E-state index contributed by atoms with van der Waals surface area (Å²) in [6, 6.07) is 17.5. The Bertz CT molecular complexity index is 1290. The molecule has 8 heteroatoms. The highest BCUT2D eigenvalue weighted by Crippen LogP contribution is 2.34.